The monoisotopic (exact) mass is 993 g/mol. The molecule has 1 aromatic rings. The molecule has 26 heteroatoms. The molecule has 7 atom stereocenters. The molecule has 0 bridgehead atoms. The number of carbonyl (C=O) groups excluding carboxylic acids is 11. The highest BCUT2D eigenvalue weighted by Crippen LogP contribution is 2.15. The first kappa shape index (κ1) is 58.3. The molecular formula is C43H67N11O14S. The summed E-state index contributed by atoms with van der Waals surface area (Å²) in [5, 5.41) is 26.8. The molecule has 11 amide bonds. The van der Waals surface area contributed by atoms with Gasteiger partial charge in [0.15, 0.2) is 9.84 Å². The average Bonchev–Trinajstić information content (AvgIpc) is 3.26. The van der Waals surface area contributed by atoms with E-state index in [1.165, 1.54) is 24.3 Å². The summed E-state index contributed by atoms with van der Waals surface area (Å²) in [5.74, 6) is -12.9. The summed E-state index contributed by atoms with van der Waals surface area (Å²) in [7, 11) is -3.15. The van der Waals surface area contributed by atoms with Crippen LogP contribution in [0, 0.1) is 11.8 Å². The SMILES string of the molecule is CC[C@H](C)[C@@H]1NC(=O)[C@H](Cc2ccc(O)cc2)NC(=O)CCS(=O)(=O)CC[C@@H](C(=O)N(C)CC(=O)N[C@@H](CCC(C)C)C(=O)NCC(N)=O)NC(=O)[C@H](CC(N)=O)NC(=O)[C@H](CCC(N)=O)NC1=O. The van der Waals surface area contributed by atoms with Crippen molar-refractivity contribution in [3.63, 3.8) is 0 Å². The quantitative estimate of drug-likeness (QED) is 0.0626. The van der Waals surface area contributed by atoms with Gasteiger partial charge in [0.1, 0.15) is 42.0 Å². The molecular weight excluding hydrogens is 927 g/mol. The third-order valence-corrected chi connectivity index (χ3v) is 12.7. The number of nitrogens with one attached hydrogen (secondary N) is 7. The Morgan fingerprint density at radius 2 is 1.39 bits per heavy atom. The number of phenolic OH excluding ortho intramolecular Hbond substituents is 1. The van der Waals surface area contributed by atoms with E-state index in [1.54, 1.807) is 13.8 Å². The summed E-state index contributed by atoms with van der Waals surface area (Å²) in [4.78, 5) is 146. The van der Waals surface area contributed by atoms with Crippen molar-refractivity contribution in [1.29, 1.82) is 0 Å². The summed E-state index contributed by atoms with van der Waals surface area (Å²) in [6.07, 6.45) is -2.52. The number of benzene rings is 1. The molecule has 69 heavy (non-hydrogen) atoms. The lowest BCUT2D eigenvalue weighted by Gasteiger charge is -2.29. The number of hydrogen-bond donors (Lipinski definition) is 11. The molecule has 1 aliphatic heterocycles. The summed E-state index contributed by atoms with van der Waals surface area (Å²) in [5.41, 5.74) is 16.4. The molecule has 1 saturated heterocycles. The highest BCUT2D eigenvalue weighted by molar-refractivity contribution is 7.91. The maximum absolute atomic E-state index is 14.0. The smallest absolute Gasteiger partial charge is 0.245 e. The molecule has 1 heterocycles. The van der Waals surface area contributed by atoms with Crippen LogP contribution in [0.2, 0.25) is 0 Å². The molecule has 0 aromatic heterocycles. The molecule has 0 unspecified atom stereocenters. The summed E-state index contributed by atoms with van der Waals surface area (Å²) in [6, 6.07) is -3.69. The lowest BCUT2D eigenvalue weighted by atomic mass is 9.96. The molecule has 0 aliphatic carbocycles. The molecule has 0 saturated carbocycles. The first-order valence-corrected chi connectivity index (χ1v) is 24.2. The number of likely N-dealkylation sites (N-methyl/N-ethyl adjacent to an activating group) is 1. The topological polar surface area (TPSA) is 408 Å². The van der Waals surface area contributed by atoms with Crippen molar-refractivity contribution in [3.05, 3.63) is 29.8 Å². The van der Waals surface area contributed by atoms with Crippen molar-refractivity contribution in [2.24, 2.45) is 29.0 Å². The van der Waals surface area contributed by atoms with Gasteiger partial charge in [-0.05, 0) is 55.2 Å². The van der Waals surface area contributed by atoms with Gasteiger partial charge in [0.05, 0.1) is 31.0 Å². The number of primary amides is 3. The van der Waals surface area contributed by atoms with Crippen LogP contribution in [-0.2, 0) is 69.0 Å². The molecule has 1 aliphatic rings. The van der Waals surface area contributed by atoms with Gasteiger partial charge in [0.2, 0.25) is 65.0 Å². The molecule has 0 radical (unpaired) electrons. The minimum absolute atomic E-state index is 0.0926. The van der Waals surface area contributed by atoms with Crippen molar-refractivity contribution >= 4 is 74.8 Å². The number of sulfone groups is 1. The van der Waals surface area contributed by atoms with E-state index >= 15 is 0 Å². The predicted octanol–water partition coefficient (Wildman–Crippen LogP) is -4.26. The minimum atomic E-state index is -4.28. The number of hydrogen-bond acceptors (Lipinski definition) is 14. The Labute approximate surface area is 400 Å². The molecule has 1 fully saturated rings. The second kappa shape index (κ2) is 27.8. The van der Waals surface area contributed by atoms with Gasteiger partial charge in [-0.15, -0.1) is 0 Å². The second-order valence-corrected chi connectivity index (χ2v) is 19.7. The summed E-state index contributed by atoms with van der Waals surface area (Å²) >= 11 is 0. The number of aromatic hydroxyl groups is 1. The van der Waals surface area contributed by atoms with Crippen molar-refractivity contribution in [2.75, 3.05) is 31.6 Å². The van der Waals surface area contributed by atoms with Crippen LogP contribution in [0.4, 0.5) is 0 Å². The Kier molecular flexibility index (Phi) is 23.5. The van der Waals surface area contributed by atoms with Crippen LogP contribution >= 0.6 is 0 Å². The number of phenols is 1. The third-order valence-electron chi connectivity index (χ3n) is 11.0. The van der Waals surface area contributed by atoms with E-state index in [0.717, 1.165) is 11.9 Å². The van der Waals surface area contributed by atoms with E-state index in [4.69, 9.17) is 17.2 Å². The number of carbonyl (C=O) groups is 11. The number of nitrogens with two attached hydrogens (primary N) is 3. The van der Waals surface area contributed by atoms with Crippen LogP contribution in [0.25, 0.3) is 0 Å². The van der Waals surface area contributed by atoms with Crippen LogP contribution in [-0.4, -0.2) is 151 Å². The summed E-state index contributed by atoms with van der Waals surface area (Å²) < 4.78 is 27.0. The zero-order valence-electron chi connectivity index (χ0n) is 39.5. The van der Waals surface area contributed by atoms with Gasteiger partial charge in [-0.2, -0.15) is 0 Å². The van der Waals surface area contributed by atoms with Gasteiger partial charge in [-0.1, -0.05) is 46.2 Å². The van der Waals surface area contributed by atoms with Crippen molar-refractivity contribution in [3.8, 4) is 5.75 Å². The lowest BCUT2D eigenvalue weighted by Crippen LogP contribution is -2.61. The van der Waals surface area contributed by atoms with Gasteiger partial charge < -0.3 is 64.4 Å². The van der Waals surface area contributed by atoms with Crippen LogP contribution in [0.3, 0.4) is 0 Å². The van der Waals surface area contributed by atoms with Crippen LogP contribution in [0.1, 0.15) is 84.6 Å². The zero-order chi connectivity index (χ0) is 52.2. The van der Waals surface area contributed by atoms with Gasteiger partial charge in [0.25, 0.3) is 0 Å². The van der Waals surface area contributed by atoms with E-state index in [1.807, 2.05) is 13.8 Å². The molecule has 2 rings (SSSR count). The highest BCUT2D eigenvalue weighted by Gasteiger charge is 2.36. The molecule has 384 valence electrons. The van der Waals surface area contributed by atoms with Gasteiger partial charge in [-0.25, -0.2) is 8.42 Å². The fourth-order valence-corrected chi connectivity index (χ4v) is 8.14. The Morgan fingerprint density at radius 3 is 1.97 bits per heavy atom. The Morgan fingerprint density at radius 1 is 0.783 bits per heavy atom. The van der Waals surface area contributed by atoms with E-state index < -0.39 is 174 Å². The maximum Gasteiger partial charge on any atom is 0.245 e. The first-order valence-electron chi connectivity index (χ1n) is 22.4. The zero-order valence-corrected chi connectivity index (χ0v) is 40.3. The largest absolute Gasteiger partial charge is 0.508 e. The minimum Gasteiger partial charge on any atom is -0.508 e. The Balaban J connectivity index is 2.63. The maximum atomic E-state index is 14.0. The van der Waals surface area contributed by atoms with Crippen LogP contribution in [0.5, 0.6) is 5.75 Å². The number of nitrogens with zero attached hydrogens (tertiary/aromatic N) is 1. The molecule has 14 N–H and O–H groups in total. The van der Waals surface area contributed by atoms with Crippen LogP contribution in [0.15, 0.2) is 24.3 Å². The van der Waals surface area contributed by atoms with E-state index in [0.29, 0.717) is 18.4 Å². The van der Waals surface area contributed by atoms with E-state index in [-0.39, 0.29) is 24.5 Å². The van der Waals surface area contributed by atoms with Gasteiger partial charge in [-0.3, -0.25) is 52.7 Å². The van der Waals surface area contributed by atoms with Crippen LogP contribution < -0.4 is 54.4 Å². The highest BCUT2D eigenvalue weighted by atomic mass is 32.2. The predicted molar refractivity (Wildman–Crippen MR) is 247 cm³/mol. The number of amides is 11. The normalized spacial score (nSPS) is 21.7. The molecule has 25 nitrogen and oxygen atoms in total. The van der Waals surface area contributed by atoms with E-state index in [2.05, 4.69) is 37.2 Å². The summed E-state index contributed by atoms with van der Waals surface area (Å²) in [6.45, 7) is 5.78. The number of rotatable bonds is 19. The van der Waals surface area contributed by atoms with E-state index in [9.17, 15) is 66.3 Å². The standard InChI is InChI=1S/C43H67N11O14S/c1-6-24(4)37-42(65)50-28(13-14-32(44)56)39(62)52-31(20-33(45)57)40(63)51-29(43(66)54(5)22-36(60)48-27(12-7-23(2)3)38(61)47-21-34(46)58)15-17-69(67,68)18-16-35(59)49-30(41(64)53-37)19-25-8-10-26(55)11-9-25/h8-11,23-24,27-31,37,55H,6-7,12-22H2,1-5H3,(H2,44,56)(H2,45,57)(H2,46,58)(H,47,61)(H,48,60)(H,49,59)(H,50,65)(H,51,63)(H,52,62)(H,53,64)/t24-,27-,28-,29-,30-,31-,37-/m0/s1. The second-order valence-electron chi connectivity index (χ2n) is 17.4. The fourth-order valence-electron chi connectivity index (χ4n) is 6.84. The molecule has 0 spiro atoms. The van der Waals surface area contributed by atoms with Crippen molar-refractivity contribution in [2.45, 2.75) is 122 Å². The molecule has 1 aromatic carbocycles. The first-order chi connectivity index (χ1) is 32.2. The van der Waals surface area contributed by atoms with Gasteiger partial charge in [0, 0.05) is 26.3 Å². The Bertz CT molecular complexity index is 2160. The third kappa shape index (κ3) is 21.3. The van der Waals surface area contributed by atoms with Crippen molar-refractivity contribution < 1.29 is 66.3 Å². The van der Waals surface area contributed by atoms with Crippen molar-refractivity contribution in [1.82, 2.24) is 42.1 Å². The fraction of sp³-hybridized carbons (Fsp3) is 0.605. The Hall–Kier alpha value is -6.86. The lowest BCUT2D eigenvalue weighted by molar-refractivity contribution is -0.140. The van der Waals surface area contributed by atoms with Gasteiger partial charge >= 0.3 is 0 Å². The average molecular weight is 994 g/mol.